The summed E-state index contributed by atoms with van der Waals surface area (Å²) in [7, 11) is 0. The van der Waals surface area contributed by atoms with E-state index in [0.717, 1.165) is 12.2 Å². The molecule has 0 aliphatic heterocycles. The van der Waals surface area contributed by atoms with E-state index in [1.165, 1.54) is 16.8 Å². The van der Waals surface area contributed by atoms with Crippen molar-refractivity contribution in [1.82, 2.24) is 23.9 Å². The van der Waals surface area contributed by atoms with Gasteiger partial charge < -0.3 is 9.88 Å². The SMILES string of the molecule is CC(C)Cn1cnc2cc(C(=O)Nc3cnc4ccccn4c3=O)cnc21. The molecule has 0 saturated carbocycles. The zero-order valence-electron chi connectivity index (χ0n) is 15.0. The number of amides is 1. The van der Waals surface area contributed by atoms with Gasteiger partial charge in [-0.25, -0.2) is 15.0 Å². The average molecular weight is 362 g/mol. The minimum atomic E-state index is -0.433. The molecule has 0 bridgehead atoms. The van der Waals surface area contributed by atoms with Crippen molar-refractivity contribution >= 4 is 28.4 Å². The predicted molar refractivity (Wildman–Crippen MR) is 102 cm³/mol. The van der Waals surface area contributed by atoms with Crippen molar-refractivity contribution in [2.24, 2.45) is 5.92 Å². The fraction of sp³-hybridized carbons (Fsp3) is 0.211. The van der Waals surface area contributed by atoms with Crippen LogP contribution in [0.5, 0.6) is 0 Å². The van der Waals surface area contributed by atoms with Crippen LogP contribution in [0.3, 0.4) is 0 Å². The molecular formula is C19H18N6O2. The van der Waals surface area contributed by atoms with Gasteiger partial charge in [-0.1, -0.05) is 19.9 Å². The molecule has 1 N–H and O–H groups in total. The van der Waals surface area contributed by atoms with Gasteiger partial charge in [0.15, 0.2) is 5.65 Å². The molecule has 4 rings (SSSR count). The first-order valence-corrected chi connectivity index (χ1v) is 8.61. The molecule has 0 aromatic carbocycles. The Balaban J connectivity index is 1.63. The first kappa shape index (κ1) is 16.9. The van der Waals surface area contributed by atoms with E-state index in [1.54, 1.807) is 36.8 Å². The highest BCUT2D eigenvalue weighted by Gasteiger charge is 2.13. The lowest BCUT2D eigenvalue weighted by atomic mass is 10.2. The van der Waals surface area contributed by atoms with Crippen LogP contribution in [0, 0.1) is 5.92 Å². The molecule has 0 radical (unpaired) electrons. The zero-order chi connectivity index (χ0) is 19.0. The smallest absolute Gasteiger partial charge is 0.281 e. The molecule has 0 aliphatic rings. The summed E-state index contributed by atoms with van der Waals surface area (Å²) in [6.07, 6.45) is 6.18. The summed E-state index contributed by atoms with van der Waals surface area (Å²) in [5.74, 6) is 0.0261. The Hall–Kier alpha value is -3.55. The molecule has 136 valence electrons. The van der Waals surface area contributed by atoms with E-state index in [9.17, 15) is 9.59 Å². The maximum atomic E-state index is 12.6. The third-order valence-corrected chi connectivity index (χ3v) is 4.14. The monoisotopic (exact) mass is 362 g/mol. The van der Waals surface area contributed by atoms with Gasteiger partial charge in [0.1, 0.15) is 16.9 Å². The van der Waals surface area contributed by atoms with Crippen molar-refractivity contribution in [2.45, 2.75) is 20.4 Å². The molecule has 1 amide bonds. The number of carbonyl (C=O) groups is 1. The second-order valence-electron chi connectivity index (χ2n) is 6.72. The molecule has 4 heterocycles. The maximum Gasteiger partial charge on any atom is 0.281 e. The molecule has 0 aliphatic carbocycles. The number of nitrogens with one attached hydrogen (secondary N) is 1. The highest BCUT2D eigenvalue weighted by atomic mass is 16.2. The van der Waals surface area contributed by atoms with E-state index in [-0.39, 0.29) is 11.2 Å². The first-order valence-electron chi connectivity index (χ1n) is 8.61. The van der Waals surface area contributed by atoms with Gasteiger partial charge in [-0.2, -0.15) is 0 Å². The Morgan fingerprint density at radius 3 is 2.85 bits per heavy atom. The molecule has 0 spiro atoms. The number of anilines is 1. The van der Waals surface area contributed by atoms with Crippen LogP contribution in [-0.4, -0.2) is 29.8 Å². The maximum absolute atomic E-state index is 12.6. The molecule has 0 unspecified atom stereocenters. The van der Waals surface area contributed by atoms with Crippen LogP contribution >= 0.6 is 0 Å². The van der Waals surface area contributed by atoms with Crippen molar-refractivity contribution in [2.75, 3.05) is 5.32 Å². The fourth-order valence-corrected chi connectivity index (χ4v) is 2.91. The van der Waals surface area contributed by atoms with E-state index in [2.05, 4.69) is 34.1 Å². The summed E-state index contributed by atoms with van der Waals surface area (Å²) in [5.41, 5.74) is 1.97. The van der Waals surface area contributed by atoms with E-state index in [4.69, 9.17) is 0 Å². The number of hydrogen-bond acceptors (Lipinski definition) is 5. The molecule has 8 nitrogen and oxygen atoms in total. The van der Waals surface area contributed by atoms with Crippen LogP contribution in [-0.2, 0) is 6.54 Å². The zero-order valence-corrected chi connectivity index (χ0v) is 15.0. The second kappa shape index (κ2) is 6.64. The lowest BCUT2D eigenvalue weighted by molar-refractivity contribution is 0.102. The Morgan fingerprint density at radius 1 is 1.19 bits per heavy atom. The minimum absolute atomic E-state index is 0.106. The van der Waals surface area contributed by atoms with Gasteiger partial charge in [0, 0.05) is 18.9 Å². The Kier molecular flexibility index (Phi) is 4.15. The van der Waals surface area contributed by atoms with E-state index in [1.807, 2.05) is 4.57 Å². The number of fused-ring (bicyclic) bond motifs is 2. The summed E-state index contributed by atoms with van der Waals surface area (Å²) >= 11 is 0. The van der Waals surface area contributed by atoms with Crippen molar-refractivity contribution in [1.29, 1.82) is 0 Å². The van der Waals surface area contributed by atoms with Gasteiger partial charge in [-0.15, -0.1) is 0 Å². The van der Waals surface area contributed by atoms with Crippen molar-refractivity contribution < 1.29 is 4.79 Å². The first-order chi connectivity index (χ1) is 13.0. The van der Waals surface area contributed by atoms with Crippen molar-refractivity contribution in [3.05, 3.63) is 65.1 Å². The quantitative estimate of drug-likeness (QED) is 0.601. The van der Waals surface area contributed by atoms with Gasteiger partial charge in [-0.3, -0.25) is 14.0 Å². The number of hydrogen-bond donors (Lipinski definition) is 1. The highest BCUT2D eigenvalue weighted by Crippen LogP contribution is 2.14. The summed E-state index contributed by atoms with van der Waals surface area (Å²) in [4.78, 5) is 37.9. The summed E-state index contributed by atoms with van der Waals surface area (Å²) in [6.45, 7) is 5.03. The predicted octanol–water partition coefficient (Wildman–Crippen LogP) is 2.35. The normalized spacial score (nSPS) is 11.4. The molecule has 0 saturated heterocycles. The molecule has 0 atom stereocenters. The molecule has 27 heavy (non-hydrogen) atoms. The van der Waals surface area contributed by atoms with Gasteiger partial charge >= 0.3 is 0 Å². The van der Waals surface area contributed by atoms with E-state index < -0.39 is 5.91 Å². The van der Waals surface area contributed by atoms with Crippen molar-refractivity contribution in [3.63, 3.8) is 0 Å². The molecule has 8 heteroatoms. The molecule has 0 fully saturated rings. The van der Waals surface area contributed by atoms with Crippen LogP contribution in [0.2, 0.25) is 0 Å². The second-order valence-corrected chi connectivity index (χ2v) is 6.72. The number of aromatic nitrogens is 5. The minimum Gasteiger partial charge on any atom is -0.316 e. The third-order valence-electron chi connectivity index (χ3n) is 4.14. The Labute approximate surface area is 154 Å². The topological polar surface area (TPSA) is 94.2 Å². The number of nitrogens with zero attached hydrogens (tertiary/aromatic N) is 5. The lowest BCUT2D eigenvalue weighted by Gasteiger charge is -2.07. The van der Waals surface area contributed by atoms with Crippen molar-refractivity contribution in [3.8, 4) is 0 Å². The van der Waals surface area contributed by atoms with Crippen LogP contribution in [0.15, 0.2) is 54.0 Å². The van der Waals surface area contributed by atoms with Crippen LogP contribution in [0.1, 0.15) is 24.2 Å². The Morgan fingerprint density at radius 2 is 2.04 bits per heavy atom. The van der Waals surface area contributed by atoms with E-state index >= 15 is 0 Å². The molecular weight excluding hydrogens is 344 g/mol. The number of rotatable bonds is 4. The lowest BCUT2D eigenvalue weighted by Crippen LogP contribution is -2.23. The van der Waals surface area contributed by atoms with Gasteiger partial charge in [-0.05, 0) is 24.1 Å². The number of imidazole rings is 1. The summed E-state index contributed by atoms with van der Waals surface area (Å²) in [5, 5.41) is 2.61. The molecule has 4 aromatic heterocycles. The standard InChI is InChI=1S/C19H18N6O2/c1-12(2)10-24-11-22-14-7-13(8-21-17(14)24)18(26)23-15-9-20-16-5-3-4-6-25(16)19(15)27/h3-9,11-12H,10H2,1-2H3,(H,23,26). The van der Waals surface area contributed by atoms with E-state index in [0.29, 0.717) is 22.6 Å². The fourth-order valence-electron chi connectivity index (χ4n) is 2.91. The van der Waals surface area contributed by atoms with Crippen LogP contribution in [0.25, 0.3) is 16.8 Å². The number of pyridine rings is 2. The average Bonchev–Trinajstić information content (AvgIpc) is 3.05. The van der Waals surface area contributed by atoms with Crippen LogP contribution < -0.4 is 10.9 Å². The summed E-state index contributed by atoms with van der Waals surface area (Å²) < 4.78 is 3.34. The van der Waals surface area contributed by atoms with Gasteiger partial charge in [0.05, 0.1) is 18.1 Å². The Bertz CT molecular complexity index is 1210. The third kappa shape index (κ3) is 3.17. The van der Waals surface area contributed by atoms with Gasteiger partial charge in [0.2, 0.25) is 0 Å². The largest absolute Gasteiger partial charge is 0.316 e. The highest BCUT2D eigenvalue weighted by molar-refractivity contribution is 6.05. The molecule has 4 aromatic rings. The van der Waals surface area contributed by atoms with Crippen LogP contribution in [0.4, 0.5) is 5.69 Å². The number of carbonyl (C=O) groups excluding carboxylic acids is 1. The van der Waals surface area contributed by atoms with Gasteiger partial charge in [0.25, 0.3) is 11.5 Å². The summed E-state index contributed by atoms with van der Waals surface area (Å²) in [6, 6.07) is 6.91.